The molecule has 4 rings (SSSR count). The number of oxime groups is 1. The topological polar surface area (TPSA) is 59.0 Å². The number of carbonyl (C=O) groups is 2. The van der Waals surface area contributed by atoms with Gasteiger partial charge in [-0.25, -0.2) is 0 Å². The van der Waals surface area contributed by atoms with Crippen LogP contribution in [0.25, 0.3) is 0 Å². The molecule has 5 nitrogen and oxygen atoms in total. The van der Waals surface area contributed by atoms with Crippen molar-refractivity contribution in [1.82, 2.24) is 4.90 Å². The highest BCUT2D eigenvalue weighted by Gasteiger charge is 2.43. The lowest BCUT2D eigenvalue weighted by molar-refractivity contribution is -0.146. The van der Waals surface area contributed by atoms with Crippen molar-refractivity contribution < 1.29 is 27.6 Å². The largest absolute Gasteiger partial charge is 0.416 e. The number of fused-ring (bicyclic) bond motifs is 3. The SMILES string of the molecule is O=C1C[C@H]2c3ccccc3CCN2C(=O)[C@H]1/C=N\OCc1ccc(C(F)(F)F)cc1. The number of hydrogen-bond acceptors (Lipinski definition) is 4. The third kappa shape index (κ3) is 3.94. The second-order valence-electron chi connectivity index (χ2n) is 7.37. The summed E-state index contributed by atoms with van der Waals surface area (Å²) in [7, 11) is 0. The fourth-order valence-corrected chi connectivity index (χ4v) is 3.92. The third-order valence-electron chi connectivity index (χ3n) is 5.50. The molecule has 2 atom stereocenters. The number of amides is 1. The van der Waals surface area contributed by atoms with Crippen molar-refractivity contribution >= 4 is 17.9 Å². The van der Waals surface area contributed by atoms with Gasteiger partial charge in [-0.15, -0.1) is 0 Å². The van der Waals surface area contributed by atoms with Crippen LogP contribution in [0.15, 0.2) is 53.7 Å². The first-order chi connectivity index (χ1) is 14.3. The van der Waals surface area contributed by atoms with Crippen molar-refractivity contribution in [2.24, 2.45) is 11.1 Å². The van der Waals surface area contributed by atoms with Gasteiger partial charge in [-0.1, -0.05) is 41.6 Å². The highest BCUT2D eigenvalue weighted by atomic mass is 19.4. The minimum atomic E-state index is -4.40. The van der Waals surface area contributed by atoms with E-state index in [2.05, 4.69) is 5.16 Å². The van der Waals surface area contributed by atoms with Crippen LogP contribution in [-0.2, 0) is 33.6 Å². The van der Waals surface area contributed by atoms with Crippen molar-refractivity contribution in [2.45, 2.75) is 31.7 Å². The number of Topliss-reactive ketones (excluding diaryl/α,β-unsaturated/α-hetero) is 1. The van der Waals surface area contributed by atoms with E-state index in [0.29, 0.717) is 12.1 Å². The molecule has 2 aromatic carbocycles. The van der Waals surface area contributed by atoms with Crippen molar-refractivity contribution in [3.05, 3.63) is 70.8 Å². The fourth-order valence-electron chi connectivity index (χ4n) is 3.92. The van der Waals surface area contributed by atoms with Crippen LogP contribution in [-0.4, -0.2) is 29.3 Å². The van der Waals surface area contributed by atoms with Gasteiger partial charge in [0.15, 0.2) is 5.78 Å². The number of halogens is 3. The molecule has 2 aliphatic heterocycles. The molecule has 0 spiro atoms. The summed E-state index contributed by atoms with van der Waals surface area (Å²) in [5.41, 5.74) is 1.92. The van der Waals surface area contributed by atoms with Gasteiger partial charge in [0, 0.05) is 13.0 Å². The second kappa shape index (κ2) is 7.93. The van der Waals surface area contributed by atoms with Crippen LogP contribution in [0, 0.1) is 5.92 Å². The van der Waals surface area contributed by atoms with E-state index in [1.165, 1.54) is 18.3 Å². The molecule has 1 amide bonds. The summed E-state index contributed by atoms with van der Waals surface area (Å²) in [4.78, 5) is 32.2. The molecule has 30 heavy (non-hydrogen) atoms. The van der Waals surface area contributed by atoms with Gasteiger partial charge < -0.3 is 9.74 Å². The molecule has 0 aliphatic carbocycles. The van der Waals surface area contributed by atoms with Crippen molar-refractivity contribution in [1.29, 1.82) is 0 Å². The van der Waals surface area contributed by atoms with Gasteiger partial charge in [0.25, 0.3) is 0 Å². The Morgan fingerprint density at radius 2 is 1.83 bits per heavy atom. The van der Waals surface area contributed by atoms with Crippen molar-refractivity contribution in [2.75, 3.05) is 6.54 Å². The molecule has 0 N–H and O–H groups in total. The van der Waals surface area contributed by atoms with E-state index in [0.717, 1.165) is 29.7 Å². The summed E-state index contributed by atoms with van der Waals surface area (Å²) >= 11 is 0. The average molecular weight is 416 g/mol. The maximum absolute atomic E-state index is 12.8. The van der Waals surface area contributed by atoms with E-state index >= 15 is 0 Å². The predicted octanol–water partition coefficient (Wildman–Crippen LogP) is 3.92. The van der Waals surface area contributed by atoms with Gasteiger partial charge in [-0.05, 0) is 35.2 Å². The van der Waals surface area contributed by atoms with E-state index in [4.69, 9.17) is 4.84 Å². The van der Waals surface area contributed by atoms with E-state index in [1.54, 1.807) is 4.90 Å². The Morgan fingerprint density at radius 3 is 2.57 bits per heavy atom. The average Bonchev–Trinajstić information content (AvgIpc) is 2.72. The summed E-state index contributed by atoms with van der Waals surface area (Å²) < 4.78 is 37.7. The molecule has 8 heteroatoms. The summed E-state index contributed by atoms with van der Waals surface area (Å²) in [6.07, 6.45) is -2.25. The lowest BCUT2D eigenvalue weighted by Crippen LogP contribution is -2.51. The highest BCUT2D eigenvalue weighted by molar-refractivity contribution is 6.15. The Labute approximate surface area is 171 Å². The zero-order valence-corrected chi connectivity index (χ0v) is 15.9. The Hall–Kier alpha value is -3.16. The van der Waals surface area contributed by atoms with Crippen LogP contribution in [0.5, 0.6) is 0 Å². The smallest absolute Gasteiger partial charge is 0.391 e. The Morgan fingerprint density at radius 1 is 1.10 bits per heavy atom. The normalized spacial score (nSPS) is 21.5. The lowest BCUT2D eigenvalue weighted by Gasteiger charge is -2.41. The molecule has 0 radical (unpaired) electrons. The van der Waals surface area contributed by atoms with Crippen molar-refractivity contribution in [3.8, 4) is 0 Å². The Balaban J connectivity index is 1.38. The number of alkyl halides is 3. The maximum Gasteiger partial charge on any atom is 0.416 e. The van der Waals surface area contributed by atoms with E-state index in [1.807, 2.05) is 24.3 Å². The van der Waals surface area contributed by atoms with Gasteiger partial charge in [0.1, 0.15) is 12.5 Å². The van der Waals surface area contributed by atoms with Crippen LogP contribution in [0.4, 0.5) is 13.2 Å². The van der Waals surface area contributed by atoms with Gasteiger partial charge >= 0.3 is 6.18 Å². The minimum absolute atomic E-state index is 0.0660. The molecule has 1 fully saturated rings. The van der Waals surface area contributed by atoms with Crippen molar-refractivity contribution in [3.63, 3.8) is 0 Å². The molecule has 2 heterocycles. The van der Waals surface area contributed by atoms with Crippen LogP contribution in [0.1, 0.15) is 34.7 Å². The molecule has 1 saturated heterocycles. The Bertz CT molecular complexity index is 986. The molecular formula is C22H19F3N2O3. The molecule has 0 bridgehead atoms. The maximum atomic E-state index is 12.8. The monoisotopic (exact) mass is 416 g/mol. The number of piperidine rings is 1. The van der Waals surface area contributed by atoms with Crippen LogP contribution < -0.4 is 0 Å². The van der Waals surface area contributed by atoms with Gasteiger partial charge in [0.2, 0.25) is 5.91 Å². The van der Waals surface area contributed by atoms with Gasteiger partial charge in [-0.2, -0.15) is 13.2 Å². The standard InChI is InChI=1S/C22H19F3N2O3/c23-22(24,25)16-7-5-14(6-8-16)13-30-26-12-18-20(28)11-19-17-4-2-1-3-15(17)9-10-27(19)21(18)29/h1-8,12,18-19H,9-11,13H2/b26-12-/t18-,19-/m0/s1. The zero-order valence-electron chi connectivity index (χ0n) is 15.9. The minimum Gasteiger partial charge on any atom is -0.391 e. The molecule has 0 saturated carbocycles. The number of rotatable bonds is 4. The molecule has 0 aromatic heterocycles. The molecule has 2 aliphatic rings. The summed E-state index contributed by atoms with van der Waals surface area (Å²) in [6.45, 7) is 0.480. The summed E-state index contributed by atoms with van der Waals surface area (Å²) in [5.74, 6) is -1.52. The zero-order chi connectivity index (χ0) is 21.3. The number of hydrogen-bond donors (Lipinski definition) is 0. The number of nitrogens with zero attached hydrogens (tertiary/aromatic N) is 2. The third-order valence-corrected chi connectivity index (χ3v) is 5.50. The predicted molar refractivity (Wildman–Crippen MR) is 102 cm³/mol. The fraction of sp³-hybridized carbons (Fsp3) is 0.318. The number of carbonyl (C=O) groups excluding carboxylic acids is 2. The highest BCUT2D eigenvalue weighted by Crippen LogP contribution is 2.37. The van der Waals surface area contributed by atoms with E-state index in [-0.39, 0.29) is 30.8 Å². The number of ketones is 1. The van der Waals surface area contributed by atoms with E-state index < -0.39 is 17.7 Å². The molecule has 2 aromatic rings. The molecule has 0 unspecified atom stereocenters. The van der Waals surface area contributed by atoms with Gasteiger partial charge in [0.05, 0.1) is 17.8 Å². The first kappa shape index (κ1) is 20.1. The van der Waals surface area contributed by atoms with E-state index in [9.17, 15) is 22.8 Å². The van der Waals surface area contributed by atoms with Crippen LogP contribution >= 0.6 is 0 Å². The van der Waals surface area contributed by atoms with Crippen LogP contribution in [0.2, 0.25) is 0 Å². The summed E-state index contributed by atoms with van der Waals surface area (Å²) in [5, 5.41) is 3.73. The first-order valence-electron chi connectivity index (χ1n) is 9.57. The molecular weight excluding hydrogens is 397 g/mol. The van der Waals surface area contributed by atoms with Gasteiger partial charge in [-0.3, -0.25) is 9.59 Å². The molecule has 156 valence electrons. The lowest BCUT2D eigenvalue weighted by atomic mass is 9.82. The van der Waals surface area contributed by atoms with Crippen LogP contribution in [0.3, 0.4) is 0 Å². The summed E-state index contributed by atoms with van der Waals surface area (Å²) in [6, 6.07) is 12.1. The first-order valence-corrected chi connectivity index (χ1v) is 9.57. The Kier molecular flexibility index (Phi) is 5.32. The second-order valence-corrected chi connectivity index (χ2v) is 7.37. The quantitative estimate of drug-likeness (QED) is 0.431. The number of benzene rings is 2.